The van der Waals surface area contributed by atoms with Crippen LogP contribution < -0.4 is 5.56 Å². The van der Waals surface area contributed by atoms with Gasteiger partial charge >= 0.3 is 0 Å². The molecule has 0 bridgehead atoms. The fourth-order valence-electron chi connectivity index (χ4n) is 4.35. The first-order chi connectivity index (χ1) is 12.8. The van der Waals surface area contributed by atoms with Crippen molar-refractivity contribution in [3.05, 3.63) is 68.9 Å². The molecule has 0 saturated carbocycles. The van der Waals surface area contributed by atoms with E-state index in [2.05, 4.69) is 31.9 Å². The average Bonchev–Trinajstić information content (AvgIpc) is 3.40. The quantitative estimate of drug-likeness (QED) is 0.717. The number of hydrogen-bond donors (Lipinski definition) is 0. The number of likely N-dealkylation sites (tertiary alicyclic amines) is 1. The van der Waals surface area contributed by atoms with Crippen molar-refractivity contribution in [2.45, 2.75) is 31.3 Å². The van der Waals surface area contributed by atoms with E-state index in [4.69, 9.17) is 0 Å². The lowest BCUT2D eigenvalue weighted by molar-refractivity contribution is 0.299. The van der Waals surface area contributed by atoms with E-state index in [9.17, 15) is 4.79 Å². The van der Waals surface area contributed by atoms with Crippen LogP contribution in [0.4, 0.5) is 0 Å². The second-order valence-corrected chi connectivity index (χ2v) is 8.10. The SMILES string of the molecule is O=c1c(-c2ccccc2)nnc2n1CCC21CCN(Cc2ccsc2)C1. The second-order valence-electron chi connectivity index (χ2n) is 7.32. The Morgan fingerprint density at radius 3 is 2.73 bits per heavy atom. The van der Waals surface area contributed by atoms with Crippen LogP contribution in [0.2, 0.25) is 0 Å². The van der Waals surface area contributed by atoms with E-state index in [0.717, 1.165) is 50.4 Å². The number of nitrogens with zero attached hydrogens (tertiary/aromatic N) is 4. The number of rotatable bonds is 3. The van der Waals surface area contributed by atoms with Gasteiger partial charge in [-0.25, -0.2) is 0 Å². The molecule has 1 unspecified atom stereocenters. The molecule has 2 aliphatic heterocycles. The highest BCUT2D eigenvalue weighted by atomic mass is 32.1. The standard InChI is InChI=1S/C20H20N4OS/c25-18-17(16-4-2-1-3-5-16)21-22-19-20(8-10-24(18)19)7-9-23(14-20)12-15-6-11-26-13-15/h1-6,11,13H,7-10,12,14H2. The summed E-state index contributed by atoms with van der Waals surface area (Å²) in [7, 11) is 0. The van der Waals surface area contributed by atoms with Gasteiger partial charge in [0.2, 0.25) is 0 Å². The van der Waals surface area contributed by atoms with Crippen molar-refractivity contribution < 1.29 is 0 Å². The van der Waals surface area contributed by atoms with Crippen LogP contribution in [-0.4, -0.2) is 32.8 Å². The van der Waals surface area contributed by atoms with E-state index in [1.54, 1.807) is 11.3 Å². The van der Waals surface area contributed by atoms with Gasteiger partial charge in [-0.05, 0) is 41.8 Å². The van der Waals surface area contributed by atoms with E-state index in [-0.39, 0.29) is 11.0 Å². The topological polar surface area (TPSA) is 51.0 Å². The minimum Gasteiger partial charge on any atom is -0.298 e. The van der Waals surface area contributed by atoms with Gasteiger partial charge in [-0.3, -0.25) is 14.3 Å². The van der Waals surface area contributed by atoms with E-state index < -0.39 is 0 Å². The third kappa shape index (κ3) is 2.52. The van der Waals surface area contributed by atoms with Crippen molar-refractivity contribution in [3.8, 4) is 11.3 Å². The first kappa shape index (κ1) is 15.9. The summed E-state index contributed by atoms with van der Waals surface area (Å²) in [6.45, 7) is 3.73. The number of hydrogen-bond acceptors (Lipinski definition) is 5. The van der Waals surface area contributed by atoms with Gasteiger partial charge in [0.15, 0.2) is 5.69 Å². The zero-order chi connectivity index (χ0) is 17.6. The van der Waals surface area contributed by atoms with Gasteiger partial charge in [0.25, 0.3) is 5.56 Å². The maximum Gasteiger partial charge on any atom is 0.280 e. The Morgan fingerprint density at radius 2 is 1.92 bits per heavy atom. The fraction of sp³-hybridized carbons (Fsp3) is 0.350. The molecule has 4 heterocycles. The van der Waals surface area contributed by atoms with Gasteiger partial charge in [-0.15, -0.1) is 10.2 Å². The molecule has 2 aromatic heterocycles. The Bertz CT molecular complexity index is 983. The van der Waals surface area contributed by atoms with Crippen LogP contribution >= 0.6 is 11.3 Å². The van der Waals surface area contributed by atoms with Gasteiger partial charge in [0.1, 0.15) is 5.82 Å². The van der Waals surface area contributed by atoms with Crippen LogP contribution in [0.1, 0.15) is 24.2 Å². The molecule has 1 atom stereocenters. The van der Waals surface area contributed by atoms with Gasteiger partial charge in [0.05, 0.1) is 0 Å². The molecule has 0 radical (unpaired) electrons. The van der Waals surface area contributed by atoms with Crippen LogP contribution in [-0.2, 0) is 18.5 Å². The van der Waals surface area contributed by atoms with Crippen molar-refractivity contribution in [3.63, 3.8) is 0 Å². The lowest BCUT2D eigenvalue weighted by Gasteiger charge is -2.22. The number of fused-ring (bicyclic) bond motifs is 2. The van der Waals surface area contributed by atoms with Crippen molar-refractivity contribution in [2.75, 3.05) is 13.1 Å². The van der Waals surface area contributed by atoms with Crippen LogP contribution in [0.25, 0.3) is 11.3 Å². The predicted octanol–water partition coefficient (Wildman–Crippen LogP) is 2.91. The molecular weight excluding hydrogens is 344 g/mol. The normalized spacial score (nSPS) is 22.2. The molecule has 132 valence electrons. The Balaban J connectivity index is 1.46. The molecule has 26 heavy (non-hydrogen) atoms. The predicted molar refractivity (Wildman–Crippen MR) is 102 cm³/mol. The van der Waals surface area contributed by atoms with Crippen LogP contribution in [0.3, 0.4) is 0 Å². The van der Waals surface area contributed by atoms with E-state index in [1.807, 2.05) is 34.9 Å². The van der Waals surface area contributed by atoms with E-state index in [1.165, 1.54) is 5.56 Å². The smallest absolute Gasteiger partial charge is 0.280 e. The van der Waals surface area contributed by atoms with Crippen molar-refractivity contribution in [1.29, 1.82) is 0 Å². The summed E-state index contributed by atoms with van der Waals surface area (Å²) in [5, 5.41) is 13.2. The molecule has 2 aliphatic rings. The van der Waals surface area contributed by atoms with Crippen molar-refractivity contribution in [1.82, 2.24) is 19.7 Å². The van der Waals surface area contributed by atoms with Crippen LogP contribution in [0.15, 0.2) is 52.0 Å². The first-order valence-corrected chi connectivity index (χ1v) is 9.96. The highest BCUT2D eigenvalue weighted by molar-refractivity contribution is 7.07. The third-order valence-corrected chi connectivity index (χ3v) is 6.43. The van der Waals surface area contributed by atoms with E-state index >= 15 is 0 Å². The Morgan fingerprint density at radius 1 is 1.08 bits per heavy atom. The fourth-order valence-corrected chi connectivity index (χ4v) is 5.01. The minimum absolute atomic E-state index is 0.00522. The summed E-state index contributed by atoms with van der Waals surface area (Å²) >= 11 is 1.74. The summed E-state index contributed by atoms with van der Waals surface area (Å²) in [6.07, 6.45) is 2.03. The summed E-state index contributed by atoms with van der Waals surface area (Å²) in [5.41, 5.74) is 2.64. The monoisotopic (exact) mass is 364 g/mol. The maximum absolute atomic E-state index is 13.0. The molecule has 1 fully saturated rings. The van der Waals surface area contributed by atoms with Crippen molar-refractivity contribution in [2.24, 2.45) is 0 Å². The Hall–Kier alpha value is -2.31. The van der Waals surface area contributed by atoms with Gasteiger partial charge in [-0.2, -0.15) is 11.3 Å². The Labute approximate surface area is 155 Å². The highest BCUT2D eigenvalue weighted by Crippen LogP contribution is 2.41. The molecule has 0 aliphatic carbocycles. The molecule has 6 heteroatoms. The van der Waals surface area contributed by atoms with Crippen LogP contribution in [0, 0.1) is 0 Å². The van der Waals surface area contributed by atoms with Gasteiger partial charge in [0, 0.05) is 30.6 Å². The highest BCUT2D eigenvalue weighted by Gasteiger charge is 2.46. The summed E-state index contributed by atoms with van der Waals surface area (Å²) < 4.78 is 1.86. The largest absolute Gasteiger partial charge is 0.298 e. The Kier molecular flexibility index (Phi) is 3.76. The number of benzene rings is 1. The molecule has 1 aromatic carbocycles. The molecule has 5 rings (SSSR count). The second kappa shape index (κ2) is 6.14. The molecule has 1 saturated heterocycles. The lowest BCUT2D eigenvalue weighted by atomic mass is 9.85. The number of aromatic nitrogens is 3. The zero-order valence-corrected chi connectivity index (χ0v) is 15.3. The van der Waals surface area contributed by atoms with Crippen LogP contribution in [0.5, 0.6) is 0 Å². The molecule has 0 N–H and O–H groups in total. The molecule has 1 spiro atoms. The molecular formula is C20H20N4OS. The first-order valence-electron chi connectivity index (χ1n) is 9.02. The van der Waals surface area contributed by atoms with Crippen molar-refractivity contribution >= 4 is 11.3 Å². The summed E-state index contributed by atoms with van der Waals surface area (Å²) in [4.78, 5) is 15.5. The molecule has 0 amide bonds. The maximum atomic E-state index is 13.0. The molecule has 3 aromatic rings. The zero-order valence-electron chi connectivity index (χ0n) is 14.5. The molecule has 5 nitrogen and oxygen atoms in total. The third-order valence-electron chi connectivity index (χ3n) is 5.70. The van der Waals surface area contributed by atoms with Gasteiger partial charge in [-0.1, -0.05) is 30.3 Å². The lowest BCUT2D eigenvalue weighted by Crippen LogP contribution is -2.33. The summed E-state index contributed by atoms with van der Waals surface area (Å²) in [5.74, 6) is 0.884. The minimum atomic E-state index is -0.0165. The van der Waals surface area contributed by atoms with Gasteiger partial charge < -0.3 is 0 Å². The number of thiophene rings is 1. The summed E-state index contributed by atoms with van der Waals surface area (Å²) in [6, 6.07) is 11.8. The van der Waals surface area contributed by atoms with E-state index in [0.29, 0.717) is 5.69 Å². The average molecular weight is 364 g/mol.